The zero-order valence-corrected chi connectivity index (χ0v) is 10.9. The van der Waals surface area contributed by atoms with Crippen molar-refractivity contribution >= 4 is 0 Å². The van der Waals surface area contributed by atoms with Crippen molar-refractivity contribution < 1.29 is 14.6 Å². The Morgan fingerprint density at radius 3 is 2.63 bits per heavy atom. The zero-order chi connectivity index (χ0) is 13.5. The fraction of sp³-hybridized carbons (Fsp3) is 0.533. The third-order valence-electron chi connectivity index (χ3n) is 4.38. The highest BCUT2D eigenvalue weighted by molar-refractivity contribution is 5.32. The van der Waals surface area contributed by atoms with Crippen molar-refractivity contribution in [2.45, 2.75) is 37.6 Å². The number of nitriles is 1. The van der Waals surface area contributed by atoms with E-state index in [0.29, 0.717) is 6.42 Å². The Hall–Kier alpha value is -1.57. The molecule has 1 aromatic carbocycles. The molecule has 0 spiro atoms. The van der Waals surface area contributed by atoms with Gasteiger partial charge in [-0.15, -0.1) is 0 Å². The maximum Gasteiger partial charge on any atom is 0.118 e. The van der Waals surface area contributed by atoms with Gasteiger partial charge in [0, 0.05) is 0 Å². The second kappa shape index (κ2) is 4.52. The first-order valence-electron chi connectivity index (χ1n) is 6.58. The number of nitrogens with zero attached hydrogens (tertiary/aromatic N) is 1. The Kier molecular flexibility index (Phi) is 2.96. The molecule has 1 aromatic rings. The highest BCUT2D eigenvalue weighted by atomic mass is 16.5. The molecule has 4 nitrogen and oxygen atoms in total. The van der Waals surface area contributed by atoms with Gasteiger partial charge in [-0.1, -0.05) is 12.1 Å². The van der Waals surface area contributed by atoms with Gasteiger partial charge in [-0.2, -0.15) is 5.26 Å². The van der Waals surface area contributed by atoms with Crippen LogP contribution in [-0.4, -0.2) is 24.4 Å². The number of aliphatic hydroxyl groups is 1. The van der Waals surface area contributed by atoms with E-state index in [4.69, 9.17) is 9.47 Å². The molecule has 2 heterocycles. The van der Waals surface area contributed by atoms with Crippen molar-refractivity contribution in [2.75, 3.05) is 7.11 Å². The van der Waals surface area contributed by atoms with Crippen LogP contribution in [0.4, 0.5) is 0 Å². The summed E-state index contributed by atoms with van der Waals surface area (Å²) in [4.78, 5) is 0. The second-order valence-electron chi connectivity index (χ2n) is 5.36. The fourth-order valence-corrected chi connectivity index (χ4v) is 3.29. The van der Waals surface area contributed by atoms with Crippen LogP contribution in [0.15, 0.2) is 24.3 Å². The Morgan fingerprint density at radius 1 is 1.42 bits per heavy atom. The number of benzene rings is 1. The summed E-state index contributed by atoms with van der Waals surface area (Å²) in [5.74, 6) is 0.742. The van der Waals surface area contributed by atoms with Crippen LogP contribution in [0.5, 0.6) is 5.75 Å². The fourth-order valence-electron chi connectivity index (χ4n) is 3.29. The number of hydrogen-bond donors (Lipinski definition) is 1. The lowest BCUT2D eigenvalue weighted by atomic mass is 9.69. The lowest BCUT2D eigenvalue weighted by molar-refractivity contribution is 0.00340. The van der Waals surface area contributed by atoms with Crippen molar-refractivity contribution in [3.8, 4) is 11.8 Å². The number of ether oxygens (including phenoxy) is 2. The topological polar surface area (TPSA) is 62.5 Å². The molecule has 4 unspecified atom stereocenters. The van der Waals surface area contributed by atoms with E-state index < -0.39 is 11.5 Å². The van der Waals surface area contributed by atoms with Crippen LogP contribution in [0.3, 0.4) is 0 Å². The molecular weight excluding hydrogens is 242 g/mol. The average Bonchev–Trinajstić information content (AvgIpc) is 3.07. The molecule has 19 heavy (non-hydrogen) atoms. The van der Waals surface area contributed by atoms with Crippen molar-refractivity contribution in [1.82, 2.24) is 0 Å². The first-order chi connectivity index (χ1) is 9.19. The van der Waals surface area contributed by atoms with E-state index in [1.807, 2.05) is 12.1 Å². The molecule has 4 atom stereocenters. The molecule has 2 aliphatic rings. The van der Waals surface area contributed by atoms with Crippen LogP contribution in [-0.2, 0) is 4.74 Å². The lowest BCUT2D eigenvalue weighted by Crippen LogP contribution is -2.37. The summed E-state index contributed by atoms with van der Waals surface area (Å²) in [6, 6.07) is 9.56. The third kappa shape index (κ3) is 1.81. The van der Waals surface area contributed by atoms with Crippen LogP contribution in [0.1, 0.15) is 30.9 Å². The lowest BCUT2D eigenvalue weighted by Gasteiger charge is -2.33. The van der Waals surface area contributed by atoms with Crippen molar-refractivity contribution in [2.24, 2.45) is 5.41 Å². The van der Waals surface area contributed by atoms with Crippen LogP contribution >= 0.6 is 0 Å². The van der Waals surface area contributed by atoms with Gasteiger partial charge in [0.1, 0.15) is 17.3 Å². The number of rotatable bonds is 3. The van der Waals surface area contributed by atoms with Crippen LogP contribution in [0.25, 0.3) is 0 Å². The predicted octanol–water partition coefficient (Wildman–Crippen LogP) is 2.19. The van der Waals surface area contributed by atoms with Crippen LogP contribution < -0.4 is 4.74 Å². The molecule has 1 N–H and O–H groups in total. The largest absolute Gasteiger partial charge is 0.497 e. The molecule has 2 aliphatic heterocycles. The quantitative estimate of drug-likeness (QED) is 0.903. The van der Waals surface area contributed by atoms with Crippen molar-refractivity contribution in [3.63, 3.8) is 0 Å². The van der Waals surface area contributed by atoms with Gasteiger partial charge in [0.15, 0.2) is 0 Å². The molecule has 4 heteroatoms. The summed E-state index contributed by atoms with van der Waals surface area (Å²) in [6.45, 7) is 0. The highest BCUT2D eigenvalue weighted by Gasteiger charge is 2.57. The summed E-state index contributed by atoms with van der Waals surface area (Å²) in [5, 5.41) is 20.2. The molecule has 3 rings (SSSR count). The SMILES string of the molecule is COc1ccc(C(O)C2(C#N)CC3CCC2O3)cc1. The molecule has 2 fully saturated rings. The summed E-state index contributed by atoms with van der Waals surface area (Å²) in [6.07, 6.45) is 1.69. The summed E-state index contributed by atoms with van der Waals surface area (Å²) < 4.78 is 10.9. The standard InChI is InChI=1S/C15H17NO3/c1-18-11-4-2-10(3-5-11)14(17)15(9-16)8-12-6-7-13(15)19-12/h2-5,12-14,17H,6-8H2,1H3. The Labute approximate surface area is 112 Å². The summed E-state index contributed by atoms with van der Waals surface area (Å²) in [7, 11) is 1.60. The Balaban J connectivity index is 1.89. The van der Waals surface area contributed by atoms with Gasteiger partial charge in [0.25, 0.3) is 0 Å². The Bertz CT molecular complexity index is 507. The van der Waals surface area contributed by atoms with Gasteiger partial charge in [-0.3, -0.25) is 0 Å². The van der Waals surface area contributed by atoms with Crippen molar-refractivity contribution in [1.29, 1.82) is 5.26 Å². The van der Waals surface area contributed by atoms with E-state index >= 15 is 0 Å². The van der Waals surface area contributed by atoms with E-state index in [1.165, 1.54) is 0 Å². The number of aliphatic hydroxyl groups excluding tert-OH is 1. The monoisotopic (exact) mass is 259 g/mol. The van der Waals surface area contributed by atoms with Gasteiger partial charge < -0.3 is 14.6 Å². The van der Waals surface area contributed by atoms with Gasteiger partial charge >= 0.3 is 0 Å². The molecule has 0 radical (unpaired) electrons. The van der Waals surface area contributed by atoms with Gasteiger partial charge in [0.2, 0.25) is 0 Å². The van der Waals surface area contributed by atoms with Gasteiger partial charge in [-0.05, 0) is 37.0 Å². The maximum absolute atomic E-state index is 10.6. The smallest absolute Gasteiger partial charge is 0.118 e. The second-order valence-corrected chi connectivity index (χ2v) is 5.36. The average molecular weight is 259 g/mol. The normalized spacial score (nSPS) is 33.9. The van der Waals surface area contributed by atoms with E-state index in [0.717, 1.165) is 24.2 Å². The van der Waals surface area contributed by atoms with E-state index in [2.05, 4.69) is 6.07 Å². The number of methoxy groups -OCH3 is 1. The Morgan fingerprint density at radius 2 is 2.16 bits per heavy atom. The minimum atomic E-state index is -0.807. The molecular formula is C15H17NO3. The van der Waals surface area contributed by atoms with Crippen LogP contribution in [0, 0.1) is 16.7 Å². The number of hydrogen-bond acceptors (Lipinski definition) is 4. The minimum absolute atomic E-state index is 0.137. The minimum Gasteiger partial charge on any atom is -0.497 e. The number of fused-ring (bicyclic) bond motifs is 2. The molecule has 0 saturated carbocycles. The molecule has 2 bridgehead atoms. The predicted molar refractivity (Wildman–Crippen MR) is 68.5 cm³/mol. The first kappa shape index (κ1) is 12.5. The zero-order valence-electron chi connectivity index (χ0n) is 10.9. The molecule has 0 aliphatic carbocycles. The molecule has 2 saturated heterocycles. The third-order valence-corrected chi connectivity index (χ3v) is 4.38. The molecule has 100 valence electrons. The first-order valence-corrected chi connectivity index (χ1v) is 6.58. The molecule has 0 amide bonds. The van der Waals surface area contributed by atoms with Crippen LogP contribution in [0.2, 0.25) is 0 Å². The van der Waals surface area contributed by atoms with Gasteiger partial charge in [0.05, 0.1) is 25.4 Å². The molecule has 0 aromatic heterocycles. The maximum atomic E-state index is 10.6. The van der Waals surface area contributed by atoms with Gasteiger partial charge in [-0.25, -0.2) is 0 Å². The highest BCUT2D eigenvalue weighted by Crippen LogP contribution is 2.53. The van der Waals surface area contributed by atoms with E-state index in [1.54, 1.807) is 19.2 Å². The summed E-state index contributed by atoms with van der Waals surface area (Å²) in [5.41, 5.74) is -0.0455. The van der Waals surface area contributed by atoms with E-state index in [-0.39, 0.29) is 12.2 Å². The summed E-state index contributed by atoms with van der Waals surface area (Å²) >= 11 is 0. The van der Waals surface area contributed by atoms with E-state index in [9.17, 15) is 10.4 Å². The van der Waals surface area contributed by atoms with Crippen molar-refractivity contribution in [3.05, 3.63) is 29.8 Å².